The fourth-order valence-corrected chi connectivity index (χ4v) is 3.05. The van der Waals surface area contributed by atoms with E-state index < -0.39 is 30.2 Å². The molecule has 0 unspecified atom stereocenters. The van der Waals surface area contributed by atoms with Crippen LogP contribution in [0.15, 0.2) is 47.4 Å². The predicted octanol–water partition coefficient (Wildman–Crippen LogP) is 4.60. The summed E-state index contributed by atoms with van der Waals surface area (Å²) in [6.07, 6.45) is -4.44. The molecule has 2 aromatic carbocycles. The zero-order valence-electron chi connectivity index (χ0n) is 14.7. The maximum Gasteiger partial charge on any atom is 0.416 e. The van der Waals surface area contributed by atoms with Crippen molar-refractivity contribution in [1.82, 2.24) is 0 Å². The van der Waals surface area contributed by atoms with Gasteiger partial charge in [0, 0.05) is 10.6 Å². The molecule has 0 aliphatic heterocycles. The van der Waals surface area contributed by atoms with Gasteiger partial charge in [-0.2, -0.15) is 13.2 Å². The molecule has 0 radical (unpaired) electrons. The first-order chi connectivity index (χ1) is 12.6. The molecule has 0 aliphatic carbocycles. The summed E-state index contributed by atoms with van der Waals surface area (Å²) in [6.45, 7) is 3.38. The molecule has 27 heavy (non-hydrogen) atoms. The first-order valence-corrected chi connectivity index (χ1v) is 8.96. The second kappa shape index (κ2) is 8.94. The van der Waals surface area contributed by atoms with Crippen LogP contribution in [-0.4, -0.2) is 24.2 Å². The number of halogens is 3. The molecular weight excluding hydrogens is 379 g/mol. The van der Waals surface area contributed by atoms with E-state index in [4.69, 9.17) is 4.74 Å². The average molecular weight is 397 g/mol. The van der Waals surface area contributed by atoms with Crippen LogP contribution in [0.3, 0.4) is 0 Å². The van der Waals surface area contributed by atoms with Crippen molar-refractivity contribution in [1.29, 1.82) is 0 Å². The Morgan fingerprint density at radius 3 is 2.37 bits per heavy atom. The van der Waals surface area contributed by atoms with Crippen molar-refractivity contribution in [3.05, 3.63) is 59.2 Å². The molecule has 0 spiro atoms. The SMILES string of the molecule is Cc1ccc(C)c(SCC(=O)OCC(=O)Nc2ccc(C(F)(F)F)cc2)c1. The van der Waals surface area contributed by atoms with Crippen LogP contribution in [0, 0.1) is 13.8 Å². The summed E-state index contributed by atoms with van der Waals surface area (Å²) in [6, 6.07) is 9.90. The lowest BCUT2D eigenvalue weighted by molar-refractivity contribution is -0.144. The number of alkyl halides is 3. The zero-order valence-corrected chi connectivity index (χ0v) is 15.5. The zero-order chi connectivity index (χ0) is 20.0. The van der Waals surface area contributed by atoms with Gasteiger partial charge in [0.05, 0.1) is 11.3 Å². The lowest BCUT2D eigenvalue weighted by Crippen LogP contribution is -2.21. The topological polar surface area (TPSA) is 55.4 Å². The van der Waals surface area contributed by atoms with E-state index in [-0.39, 0.29) is 11.4 Å². The van der Waals surface area contributed by atoms with Crippen molar-refractivity contribution in [2.75, 3.05) is 17.7 Å². The number of anilines is 1. The van der Waals surface area contributed by atoms with Crippen molar-refractivity contribution >= 4 is 29.3 Å². The van der Waals surface area contributed by atoms with Gasteiger partial charge in [-0.1, -0.05) is 17.7 Å². The summed E-state index contributed by atoms with van der Waals surface area (Å²) in [4.78, 5) is 24.5. The van der Waals surface area contributed by atoms with Crippen molar-refractivity contribution < 1.29 is 27.5 Å². The van der Waals surface area contributed by atoms with Crippen LogP contribution >= 0.6 is 11.8 Å². The van der Waals surface area contributed by atoms with Gasteiger partial charge in [-0.05, 0) is 49.7 Å². The number of benzene rings is 2. The van der Waals surface area contributed by atoms with E-state index in [1.807, 2.05) is 32.0 Å². The number of carbonyl (C=O) groups excluding carboxylic acids is 2. The first kappa shape index (κ1) is 20.8. The Kier molecular flexibility index (Phi) is 6.90. The minimum absolute atomic E-state index is 0.0534. The third-order valence-corrected chi connectivity index (χ3v) is 4.68. The van der Waals surface area contributed by atoms with E-state index in [1.54, 1.807) is 0 Å². The van der Waals surface area contributed by atoms with Gasteiger partial charge < -0.3 is 10.1 Å². The number of ether oxygens (including phenoxy) is 1. The van der Waals surface area contributed by atoms with Gasteiger partial charge in [0.15, 0.2) is 6.61 Å². The molecule has 0 atom stereocenters. The highest BCUT2D eigenvalue weighted by Gasteiger charge is 2.29. The number of rotatable bonds is 6. The van der Waals surface area contributed by atoms with Gasteiger partial charge in [-0.3, -0.25) is 9.59 Å². The smallest absolute Gasteiger partial charge is 0.416 e. The molecule has 4 nitrogen and oxygen atoms in total. The number of amides is 1. The Morgan fingerprint density at radius 1 is 1.07 bits per heavy atom. The number of hydrogen-bond donors (Lipinski definition) is 1. The molecule has 0 fully saturated rings. The van der Waals surface area contributed by atoms with Crippen molar-refractivity contribution in [3.63, 3.8) is 0 Å². The highest BCUT2D eigenvalue weighted by molar-refractivity contribution is 8.00. The molecule has 0 aliphatic rings. The number of carbonyl (C=O) groups is 2. The molecule has 0 saturated carbocycles. The van der Waals surface area contributed by atoms with E-state index in [0.29, 0.717) is 0 Å². The normalized spacial score (nSPS) is 11.1. The fourth-order valence-electron chi connectivity index (χ4n) is 2.13. The summed E-state index contributed by atoms with van der Waals surface area (Å²) >= 11 is 1.32. The summed E-state index contributed by atoms with van der Waals surface area (Å²) in [5.74, 6) is -1.12. The Bertz CT molecular complexity index is 820. The van der Waals surface area contributed by atoms with Gasteiger partial charge in [0.1, 0.15) is 0 Å². The Morgan fingerprint density at radius 2 is 1.74 bits per heavy atom. The van der Waals surface area contributed by atoms with Gasteiger partial charge in [-0.15, -0.1) is 11.8 Å². The molecular formula is C19H18F3NO3S. The lowest BCUT2D eigenvalue weighted by atomic mass is 10.2. The number of hydrogen-bond acceptors (Lipinski definition) is 4. The lowest BCUT2D eigenvalue weighted by Gasteiger charge is -2.09. The van der Waals surface area contributed by atoms with Crippen LogP contribution in [0.1, 0.15) is 16.7 Å². The molecule has 1 amide bonds. The van der Waals surface area contributed by atoms with E-state index in [9.17, 15) is 22.8 Å². The molecule has 0 heterocycles. The summed E-state index contributed by atoms with van der Waals surface area (Å²) in [5, 5.41) is 2.38. The molecule has 144 valence electrons. The number of esters is 1. The fraction of sp³-hybridized carbons (Fsp3) is 0.263. The second-order valence-corrected chi connectivity index (χ2v) is 6.86. The Balaban J connectivity index is 1.78. The summed E-state index contributed by atoms with van der Waals surface area (Å²) in [7, 11) is 0. The largest absolute Gasteiger partial charge is 0.455 e. The third-order valence-electron chi connectivity index (χ3n) is 3.55. The number of thioether (sulfide) groups is 1. The van der Waals surface area contributed by atoms with Gasteiger partial charge in [0.2, 0.25) is 0 Å². The first-order valence-electron chi connectivity index (χ1n) is 7.98. The van der Waals surface area contributed by atoms with E-state index >= 15 is 0 Å². The van der Waals surface area contributed by atoms with Crippen LogP contribution in [0.25, 0.3) is 0 Å². The molecule has 1 N–H and O–H groups in total. The minimum Gasteiger partial charge on any atom is -0.455 e. The molecule has 0 bridgehead atoms. The number of aryl methyl sites for hydroxylation is 2. The van der Waals surface area contributed by atoms with E-state index in [0.717, 1.165) is 40.3 Å². The monoisotopic (exact) mass is 397 g/mol. The van der Waals surface area contributed by atoms with Crippen LogP contribution in [0.4, 0.5) is 18.9 Å². The van der Waals surface area contributed by atoms with Crippen molar-refractivity contribution in [2.45, 2.75) is 24.9 Å². The maximum absolute atomic E-state index is 12.5. The van der Waals surface area contributed by atoms with Crippen LogP contribution < -0.4 is 5.32 Å². The summed E-state index contributed by atoms with van der Waals surface area (Å²) < 4.78 is 42.4. The molecule has 0 aromatic heterocycles. The standard InChI is InChI=1S/C19H18F3NO3S/c1-12-3-4-13(2)16(9-12)27-11-18(25)26-10-17(24)23-15-7-5-14(6-8-15)19(20,21)22/h3-9H,10-11H2,1-2H3,(H,23,24). The molecule has 8 heteroatoms. The quantitative estimate of drug-likeness (QED) is 0.572. The second-order valence-electron chi connectivity index (χ2n) is 5.84. The maximum atomic E-state index is 12.5. The predicted molar refractivity (Wildman–Crippen MR) is 97.7 cm³/mol. The van der Waals surface area contributed by atoms with Crippen molar-refractivity contribution in [2.24, 2.45) is 0 Å². The highest BCUT2D eigenvalue weighted by Crippen LogP contribution is 2.29. The average Bonchev–Trinajstić information content (AvgIpc) is 2.60. The van der Waals surface area contributed by atoms with Crippen LogP contribution in [-0.2, 0) is 20.5 Å². The Hall–Kier alpha value is -2.48. The third kappa shape index (κ3) is 6.63. The van der Waals surface area contributed by atoms with E-state index in [2.05, 4.69) is 5.32 Å². The molecule has 2 rings (SSSR count). The minimum atomic E-state index is -4.44. The Labute approximate surface area is 159 Å². The highest BCUT2D eigenvalue weighted by atomic mass is 32.2. The van der Waals surface area contributed by atoms with Crippen LogP contribution in [0.2, 0.25) is 0 Å². The molecule has 2 aromatic rings. The summed E-state index contributed by atoms with van der Waals surface area (Å²) in [5.41, 5.74) is 1.50. The number of nitrogens with one attached hydrogen (secondary N) is 1. The van der Waals surface area contributed by atoms with Crippen LogP contribution in [0.5, 0.6) is 0 Å². The van der Waals surface area contributed by atoms with Gasteiger partial charge >= 0.3 is 12.1 Å². The van der Waals surface area contributed by atoms with Crippen molar-refractivity contribution in [3.8, 4) is 0 Å². The molecule has 0 saturated heterocycles. The van der Waals surface area contributed by atoms with E-state index in [1.165, 1.54) is 11.8 Å². The van der Waals surface area contributed by atoms with Gasteiger partial charge in [-0.25, -0.2) is 0 Å². The van der Waals surface area contributed by atoms with Gasteiger partial charge in [0.25, 0.3) is 5.91 Å².